The van der Waals surface area contributed by atoms with Crippen molar-refractivity contribution in [1.29, 1.82) is 0 Å². The molecule has 1 aromatic carbocycles. The van der Waals surface area contributed by atoms with Gasteiger partial charge in [0.15, 0.2) is 0 Å². The number of benzene rings is 1. The van der Waals surface area contributed by atoms with Gasteiger partial charge >= 0.3 is 6.03 Å². The second-order valence-corrected chi connectivity index (χ2v) is 7.12. The Labute approximate surface area is 151 Å². The molecular weight excluding hydrogens is 344 g/mol. The number of ether oxygens (including phenoxy) is 1. The van der Waals surface area contributed by atoms with Crippen LogP contribution in [0.25, 0.3) is 0 Å². The number of amides is 3. The standard InChI is InChI=1S/C17H21ClN4O3/c1-17(2)11-20-15(25-17)9-19-14(23)10-21-7-8-22(16(21)24)13-5-3-12(18)4-6-13/h3-6H,7-11H2,1-2H3,(H,19,23). The molecule has 2 heterocycles. The van der Waals surface area contributed by atoms with E-state index in [0.717, 1.165) is 5.69 Å². The zero-order chi connectivity index (χ0) is 18.0. The Morgan fingerprint density at radius 1 is 1.32 bits per heavy atom. The maximum atomic E-state index is 12.5. The van der Waals surface area contributed by atoms with Crippen LogP contribution in [0.15, 0.2) is 29.3 Å². The van der Waals surface area contributed by atoms with Crippen molar-refractivity contribution < 1.29 is 14.3 Å². The third-order valence-electron chi connectivity index (χ3n) is 4.03. The van der Waals surface area contributed by atoms with Gasteiger partial charge in [-0.3, -0.25) is 9.69 Å². The van der Waals surface area contributed by atoms with Crippen molar-refractivity contribution in [3.63, 3.8) is 0 Å². The third-order valence-corrected chi connectivity index (χ3v) is 4.29. The first-order chi connectivity index (χ1) is 11.8. The van der Waals surface area contributed by atoms with Crippen LogP contribution in [0.5, 0.6) is 0 Å². The van der Waals surface area contributed by atoms with Crippen molar-refractivity contribution in [2.75, 3.05) is 37.6 Å². The molecule has 3 amide bonds. The summed E-state index contributed by atoms with van der Waals surface area (Å²) in [4.78, 5) is 32.0. The molecule has 2 aliphatic rings. The Hall–Kier alpha value is -2.28. The van der Waals surface area contributed by atoms with Crippen molar-refractivity contribution in [2.24, 2.45) is 4.99 Å². The molecule has 1 fully saturated rings. The largest absolute Gasteiger partial charge is 0.472 e. The number of nitrogens with zero attached hydrogens (tertiary/aromatic N) is 3. The van der Waals surface area contributed by atoms with Crippen LogP contribution in [-0.4, -0.2) is 61.1 Å². The summed E-state index contributed by atoms with van der Waals surface area (Å²) in [5.74, 6) is 0.288. The van der Waals surface area contributed by atoms with E-state index in [9.17, 15) is 9.59 Å². The van der Waals surface area contributed by atoms with Crippen LogP contribution in [0.1, 0.15) is 13.8 Å². The van der Waals surface area contributed by atoms with Gasteiger partial charge in [-0.2, -0.15) is 0 Å². The highest BCUT2D eigenvalue weighted by Gasteiger charge is 2.31. The summed E-state index contributed by atoms with van der Waals surface area (Å²) in [5.41, 5.74) is 0.456. The van der Waals surface area contributed by atoms with Gasteiger partial charge in [-0.25, -0.2) is 9.79 Å². The first kappa shape index (κ1) is 17.5. The summed E-state index contributed by atoms with van der Waals surface area (Å²) < 4.78 is 5.61. The lowest BCUT2D eigenvalue weighted by Gasteiger charge is -2.19. The van der Waals surface area contributed by atoms with Crippen LogP contribution in [0.4, 0.5) is 10.5 Å². The number of halogens is 1. The van der Waals surface area contributed by atoms with Crippen LogP contribution < -0.4 is 10.2 Å². The van der Waals surface area contributed by atoms with Gasteiger partial charge in [0.1, 0.15) is 12.1 Å². The number of carbonyl (C=O) groups is 2. The summed E-state index contributed by atoms with van der Waals surface area (Å²) in [6.07, 6.45) is 0. The first-order valence-corrected chi connectivity index (χ1v) is 8.53. The summed E-state index contributed by atoms with van der Waals surface area (Å²) >= 11 is 5.87. The lowest BCUT2D eigenvalue weighted by atomic mass is 10.1. The molecule has 2 aliphatic heterocycles. The summed E-state index contributed by atoms with van der Waals surface area (Å²) in [6.45, 7) is 5.76. The van der Waals surface area contributed by atoms with E-state index in [0.29, 0.717) is 30.6 Å². The molecule has 1 aromatic rings. The zero-order valence-corrected chi connectivity index (χ0v) is 15.0. The minimum atomic E-state index is -0.315. The molecule has 1 saturated heterocycles. The van der Waals surface area contributed by atoms with Crippen molar-refractivity contribution in [1.82, 2.24) is 10.2 Å². The number of nitrogens with one attached hydrogen (secondary N) is 1. The molecule has 0 bridgehead atoms. The van der Waals surface area contributed by atoms with Gasteiger partial charge in [0.2, 0.25) is 11.8 Å². The lowest BCUT2D eigenvalue weighted by Crippen LogP contribution is -2.41. The molecule has 134 valence electrons. The maximum Gasteiger partial charge on any atom is 0.325 e. The van der Waals surface area contributed by atoms with Gasteiger partial charge in [0, 0.05) is 23.8 Å². The van der Waals surface area contributed by atoms with Crippen LogP contribution in [0, 0.1) is 0 Å². The van der Waals surface area contributed by atoms with Crippen molar-refractivity contribution >= 4 is 35.1 Å². The molecule has 7 nitrogen and oxygen atoms in total. The number of carbonyl (C=O) groups excluding carboxylic acids is 2. The van der Waals surface area contributed by atoms with E-state index >= 15 is 0 Å². The SMILES string of the molecule is CC1(C)CN=C(CNC(=O)CN2CCN(c3ccc(Cl)cc3)C2=O)O1. The maximum absolute atomic E-state index is 12.5. The fourth-order valence-corrected chi connectivity index (χ4v) is 2.87. The molecule has 0 radical (unpaired) electrons. The summed E-state index contributed by atoms with van der Waals surface area (Å²) in [6, 6.07) is 6.88. The Bertz CT molecular complexity index is 702. The highest BCUT2D eigenvalue weighted by Crippen LogP contribution is 2.22. The van der Waals surface area contributed by atoms with Gasteiger partial charge in [-0.15, -0.1) is 0 Å². The van der Waals surface area contributed by atoms with E-state index in [1.807, 2.05) is 13.8 Å². The van der Waals surface area contributed by atoms with Crippen molar-refractivity contribution in [3.05, 3.63) is 29.3 Å². The fraction of sp³-hybridized carbons (Fsp3) is 0.471. The number of aliphatic imine (C=N–C) groups is 1. The topological polar surface area (TPSA) is 74.2 Å². The quantitative estimate of drug-likeness (QED) is 0.867. The van der Waals surface area contributed by atoms with E-state index < -0.39 is 0 Å². The second-order valence-electron chi connectivity index (χ2n) is 6.68. The molecule has 0 atom stereocenters. The molecule has 8 heteroatoms. The van der Waals surface area contributed by atoms with Gasteiger partial charge in [0.25, 0.3) is 0 Å². The van der Waals surface area contributed by atoms with E-state index in [2.05, 4.69) is 10.3 Å². The van der Waals surface area contributed by atoms with Crippen molar-refractivity contribution in [2.45, 2.75) is 19.4 Å². The Kier molecular flexibility index (Phi) is 4.85. The number of anilines is 1. The average molecular weight is 365 g/mol. The highest BCUT2D eigenvalue weighted by atomic mass is 35.5. The fourth-order valence-electron chi connectivity index (χ4n) is 2.75. The van der Waals surface area contributed by atoms with Crippen LogP contribution in [0.2, 0.25) is 5.02 Å². The Morgan fingerprint density at radius 2 is 2.04 bits per heavy atom. The minimum Gasteiger partial charge on any atom is -0.472 e. The van der Waals surface area contributed by atoms with E-state index in [-0.39, 0.29) is 30.6 Å². The molecular formula is C17H21ClN4O3. The molecule has 0 saturated carbocycles. The smallest absolute Gasteiger partial charge is 0.325 e. The highest BCUT2D eigenvalue weighted by molar-refractivity contribution is 6.30. The Balaban J connectivity index is 1.49. The molecule has 25 heavy (non-hydrogen) atoms. The van der Waals surface area contributed by atoms with Gasteiger partial charge in [-0.1, -0.05) is 11.6 Å². The van der Waals surface area contributed by atoms with Crippen LogP contribution >= 0.6 is 11.6 Å². The van der Waals surface area contributed by atoms with E-state index in [4.69, 9.17) is 16.3 Å². The minimum absolute atomic E-state index is 0.0135. The normalized spacial score (nSPS) is 19.0. The molecule has 0 spiro atoms. The summed E-state index contributed by atoms with van der Waals surface area (Å²) in [5, 5.41) is 3.36. The van der Waals surface area contributed by atoms with Gasteiger partial charge in [-0.05, 0) is 38.1 Å². The molecule has 0 aliphatic carbocycles. The molecule has 1 N–H and O–H groups in total. The molecule has 3 rings (SSSR count). The molecule has 0 unspecified atom stereocenters. The second kappa shape index (κ2) is 6.92. The third kappa shape index (κ3) is 4.22. The number of hydrogen-bond acceptors (Lipinski definition) is 4. The monoisotopic (exact) mass is 364 g/mol. The predicted molar refractivity (Wildman–Crippen MR) is 96.2 cm³/mol. The van der Waals surface area contributed by atoms with Crippen molar-refractivity contribution in [3.8, 4) is 0 Å². The predicted octanol–water partition coefficient (Wildman–Crippen LogP) is 1.91. The first-order valence-electron chi connectivity index (χ1n) is 8.15. The summed E-state index contributed by atoms with van der Waals surface area (Å²) in [7, 11) is 0. The average Bonchev–Trinajstić information content (AvgIpc) is 3.09. The number of rotatable bonds is 5. The zero-order valence-electron chi connectivity index (χ0n) is 14.3. The number of hydrogen-bond donors (Lipinski definition) is 1. The molecule has 0 aromatic heterocycles. The van der Waals surface area contributed by atoms with Crippen LogP contribution in [-0.2, 0) is 9.53 Å². The van der Waals surface area contributed by atoms with Gasteiger partial charge < -0.3 is 15.0 Å². The number of urea groups is 1. The van der Waals surface area contributed by atoms with Crippen LogP contribution in [0.3, 0.4) is 0 Å². The van der Waals surface area contributed by atoms with E-state index in [1.165, 1.54) is 4.90 Å². The van der Waals surface area contributed by atoms with E-state index in [1.54, 1.807) is 29.2 Å². The lowest BCUT2D eigenvalue weighted by molar-refractivity contribution is -0.121. The van der Waals surface area contributed by atoms with Gasteiger partial charge in [0.05, 0.1) is 13.1 Å². The Morgan fingerprint density at radius 3 is 2.68 bits per heavy atom.